The Hall–Kier alpha value is -3.59. The van der Waals surface area contributed by atoms with Gasteiger partial charge < -0.3 is 15.0 Å². The van der Waals surface area contributed by atoms with Crippen LogP contribution in [0, 0.1) is 11.6 Å². The molecule has 0 saturated heterocycles. The molecule has 0 fully saturated rings. The van der Waals surface area contributed by atoms with Gasteiger partial charge in [0.2, 0.25) is 0 Å². The zero-order chi connectivity index (χ0) is 25.3. The Bertz CT molecular complexity index is 1190. The minimum absolute atomic E-state index is 0.224. The number of aliphatic imine (C=N–C) groups is 1. The van der Waals surface area contributed by atoms with E-state index in [0.29, 0.717) is 30.1 Å². The lowest BCUT2D eigenvalue weighted by atomic mass is 9.94. The van der Waals surface area contributed by atoms with Gasteiger partial charge in [0.1, 0.15) is 23.6 Å². The van der Waals surface area contributed by atoms with Gasteiger partial charge in [-0.1, -0.05) is 12.1 Å². The van der Waals surface area contributed by atoms with E-state index >= 15 is 0 Å². The van der Waals surface area contributed by atoms with E-state index in [-0.39, 0.29) is 12.4 Å². The zero-order valence-corrected chi connectivity index (χ0v) is 20.1. The van der Waals surface area contributed by atoms with Crippen LogP contribution in [0.3, 0.4) is 0 Å². The van der Waals surface area contributed by atoms with Crippen molar-refractivity contribution in [1.29, 1.82) is 0 Å². The number of amidine groups is 1. The number of carbonyl (C=O) groups is 2. The molecule has 35 heavy (non-hydrogen) atoms. The molecule has 2 aromatic carbocycles. The van der Waals surface area contributed by atoms with Gasteiger partial charge in [0.25, 0.3) is 5.91 Å². The van der Waals surface area contributed by atoms with Crippen molar-refractivity contribution in [2.75, 3.05) is 33.7 Å². The average Bonchev–Trinajstić information content (AvgIpc) is 3.32. The highest BCUT2D eigenvalue weighted by Crippen LogP contribution is 2.38. The third-order valence-corrected chi connectivity index (χ3v) is 6.35. The maximum absolute atomic E-state index is 13.4. The molecule has 2 aliphatic rings. The lowest BCUT2D eigenvalue weighted by Gasteiger charge is -2.35. The number of nitrogens with zero attached hydrogens (tertiary/aromatic N) is 3. The monoisotopic (exact) mass is 482 g/mol. The van der Waals surface area contributed by atoms with E-state index in [9.17, 15) is 18.4 Å². The molecule has 4 rings (SSSR count). The zero-order valence-electron chi connectivity index (χ0n) is 20.1. The first kappa shape index (κ1) is 24.5. The minimum atomic E-state index is -0.677. The molecular formula is C26H28F2N4O3. The normalized spacial score (nSPS) is 17.3. The number of halogens is 2. The smallest absolute Gasteiger partial charge is 0.411 e. The van der Waals surface area contributed by atoms with Gasteiger partial charge in [-0.3, -0.25) is 14.7 Å². The highest BCUT2D eigenvalue weighted by Gasteiger charge is 2.46. The number of ether oxygens (including phenoxy) is 1. The quantitative estimate of drug-likeness (QED) is 0.701. The maximum atomic E-state index is 13.4. The first-order valence-electron chi connectivity index (χ1n) is 11.3. The number of benzene rings is 2. The van der Waals surface area contributed by atoms with Gasteiger partial charge in [-0.25, -0.2) is 13.6 Å². The predicted octanol–water partition coefficient (Wildman–Crippen LogP) is 3.94. The molecule has 0 aromatic heterocycles. The molecule has 7 nitrogen and oxygen atoms in total. The lowest BCUT2D eigenvalue weighted by Crippen LogP contribution is -2.47. The number of likely N-dealkylation sites (N-methyl/N-ethyl adjacent to an activating group) is 1. The summed E-state index contributed by atoms with van der Waals surface area (Å²) in [6.45, 7) is 4.83. The number of hydrogen-bond acceptors (Lipinski definition) is 5. The van der Waals surface area contributed by atoms with Crippen molar-refractivity contribution in [1.82, 2.24) is 15.1 Å². The molecule has 0 spiro atoms. The Labute approximate surface area is 203 Å². The third-order valence-electron chi connectivity index (χ3n) is 6.35. The second-order valence-corrected chi connectivity index (χ2v) is 9.41. The van der Waals surface area contributed by atoms with E-state index in [4.69, 9.17) is 4.74 Å². The fraction of sp³-hybridized carbons (Fsp3) is 0.346. The molecule has 2 amide bonds. The Morgan fingerprint density at radius 2 is 1.69 bits per heavy atom. The predicted molar refractivity (Wildman–Crippen MR) is 128 cm³/mol. The summed E-state index contributed by atoms with van der Waals surface area (Å²) >= 11 is 0. The molecule has 184 valence electrons. The van der Waals surface area contributed by atoms with Gasteiger partial charge in [0.05, 0.1) is 18.6 Å². The van der Waals surface area contributed by atoms with Gasteiger partial charge >= 0.3 is 6.09 Å². The van der Waals surface area contributed by atoms with Crippen molar-refractivity contribution in [2.45, 2.75) is 25.5 Å². The second kappa shape index (κ2) is 9.58. The van der Waals surface area contributed by atoms with E-state index in [1.54, 1.807) is 17.0 Å². The maximum Gasteiger partial charge on any atom is 0.411 e. The van der Waals surface area contributed by atoms with E-state index in [2.05, 4.69) is 10.3 Å². The average molecular weight is 483 g/mol. The van der Waals surface area contributed by atoms with E-state index in [1.165, 1.54) is 36.4 Å². The summed E-state index contributed by atoms with van der Waals surface area (Å²) < 4.78 is 32.5. The molecule has 9 heteroatoms. The van der Waals surface area contributed by atoms with Crippen LogP contribution in [-0.4, -0.2) is 66.9 Å². The molecule has 2 aliphatic heterocycles. The Morgan fingerprint density at radius 1 is 1.09 bits per heavy atom. The van der Waals surface area contributed by atoms with Crippen molar-refractivity contribution in [2.24, 2.45) is 4.99 Å². The molecule has 1 N–H and O–H groups in total. The summed E-state index contributed by atoms with van der Waals surface area (Å²) in [5.41, 5.74) is 2.02. The standard InChI is InChI=1S/C26H28F2N4O3/c1-26(2)21-13-29-23(30-24(33)17-7-11-19(28)12-8-17)20(21)14-32(26)25(34)35-22(15-31(3)4)16-5-9-18(27)10-6-16/h5-12,22H,13-15H2,1-4H3,(H,29,30,33)/t22-/m1/s1. The fourth-order valence-corrected chi connectivity index (χ4v) is 4.34. The van der Waals surface area contributed by atoms with Crippen LogP contribution in [0.2, 0.25) is 0 Å². The summed E-state index contributed by atoms with van der Waals surface area (Å²) in [5, 5.41) is 2.79. The first-order chi connectivity index (χ1) is 16.6. The van der Waals surface area contributed by atoms with Gasteiger partial charge in [-0.15, -0.1) is 0 Å². The minimum Gasteiger partial charge on any atom is -0.440 e. The van der Waals surface area contributed by atoms with Gasteiger partial charge in [-0.2, -0.15) is 0 Å². The van der Waals surface area contributed by atoms with Crippen molar-refractivity contribution in [3.63, 3.8) is 0 Å². The summed E-state index contributed by atoms with van der Waals surface area (Å²) in [6, 6.07) is 11.1. The first-order valence-corrected chi connectivity index (χ1v) is 11.3. The largest absolute Gasteiger partial charge is 0.440 e. The number of amides is 2. The van der Waals surface area contributed by atoms with Crippen LogP contribution in [0.1, 0.15) is 35.9 Å². The number of nitrogens with one attached hydrogen (secondary N) is 1. The molecule has 1 atom stereocenters. The molecule has 0 saturated carbocycles. The van der Waals surface area contributed by atoms with Crippen LogP contribution in [0.15, 0.2) is 64.7 Å². The Morgan fingerprint density at radius 3 is 2.29 bits per heavy atom. The summed E-state index contributed by atoms with van der Waals surface area (Å²) in [5.74, 6) is -0.788. The van der Waals surface area contributed by atoms with Gasteiger partial charge in [0, 0.05) is 17.7 Å². The fourth-order valence-electron chi connectivity index (χ4n) is 4.34. The SMILES string of the molecule is CN(C)C[C@@H](OC(=O)N1CC2=C(CN=C2NC(=O)c2ccc(F)cc2)C1(C)C)c1ccc(F)cc1. The van der Waals surface area contributed by atoms with E-state index in [0.717, 1.165) is 11.1 Å². The molecule has 2 heterocycles. The molecule has 0 aliphatic carbocycles. The van der Waals surface area contributed by atoms with Crippen LogP contribution in [0.5, 0.6) is 0 Å². The van der Waals surface area contributed by atoms with Crippen LogP contribution >= 0.6 is 0 Å². The number of hydrogen-bond donors (Lipinski definition) is 1. The van der Waals surface area contributed by atoms with E-state index < -0.39 is 29.5 Å². The summed E-state index contributed by atoms with van der Waals surface area (Å²) in [7, 11) is 3.74. The second-order valence-electron chi connectivity index (χ2n) is 9.41. The highest BCUT2D eigenvalue weighted by atomic mass is 19.1. The van der Waals surface area contributed by atoms with Gasteiger partial charge in [0.15, 0.2) is 0 Å². The summed E-state index contributed by atoms with van der Waals surface area (Å²) in [4.78, 5) is 33.9. The highest BCUT2D eigenvalue weighted by molar-refractivity contribution is 6.14. The topological polar surface area (TPSA) is 74.2 Å². The molecule has 2 aromatic rings. The third kappa shape index (κ3) is 5.09. The van der Waals surface area contributed by atoms with Crippen LogP contribution < -0.4 is 5.32 Å². The Balaban J connectivity index is 1.48. The number of carbonyl (C=O) groups excluding carboxylic acids is 2. The van der Waals surface area contributed by atoms with Crippen LogP contribution in [0.4, 0.5) is 13.6 Å². The number of rotatable bonds is 5. The molecule has 0 bridgehead atoms. The van der Waals surface area contributed by atoms with Crippen LogP contribution in [0.25, 0.3) is 0 Å². The van der Waals surface area contributed by atoms with Gasteiger partial charge in [-0.05, 0) is 75.5 Å². The van der Waals surface area contributed by atoms with Crippen molar-refractivity contribution < 1.29 is 23.1 Å². The molecule has 0 unspecified atom stereocenters. The van der Waals surface area contributed by atoms with E-state index in [1.807, 2.05) is 32.8 Å². The summed E-state index contributed by atoms with van der Waals surface area (Å²) in [6.07, 6.45) is -1.10. The van der Waals surface area contributed by atoms with Crippen molar-refractivity contribution in [3.05, 3.63) is 82.4 Å². The molecular weight excluding hydrogens is 454 g/mol. The van der Waals surface area contributed by atoms with Crippen molar-refractivity contribution in [3.8, 4) is 0 Å². The lowest BCUT2D eigenvalue weighted by molar-refractivity contribution is 0.0383. The van der Waals surface area contributed by atoms with Crippen LogP contribution in [-0.2, 0) is 4.74 Å². The Kier molecular flexibility index (Phi) is 6.71. The van der Waals surface area contributed by atoms with Crippen molar-refractivity contribution >= 4 is 17.8 Å². The molecule has 0 radical (unpaired) electrons.